The lowest BCUT2D eigenvalue weighted by atomic mass is 9.82. The monoisotopic (exact) mass is 377 g/mol. The molecule has 144 valence electrons. The average Bonchev–Trinajstić information content (AvgIpc) is 2.96. The molecule has 0 heterocycles. The zero-order valence-corrected chi connectivity index (χ0v) is 17.4. The van der Waals surface area contributed by atoms with Gasteiger partial charge in [-0.15, -0.1) is 0 Å². The summed E-state index contributed by atoms with van der Waals surface area (Å²) in [5.74, 6) is 0. The molecule has 0 saturated heterocycles. The average molecular weight is 378 g/mol. The van der Waals surface area contributed by atoms with E-state index in [9.17, 15) is 0 Å². The number of allylic oxidation sites excluding steroid dienone is 5. The third kappa shape index (κ3) is 3.34. The zero-order valence-electron chi connectivity index (χ0n) is 17.4. The van der Waals surface area contributed by atoms with Gasteiger partial charge in [0, 0.05) is 22.4 Å². The van der Waals surface area contributed by atoms with Crippen molar-refractivity contribution in [3.05, 3.63) is 114 Å². The van der Waals surface area contributed by atoms with Crippen LogP contribution in [0.4, 0.5) is 11.4 Å². The van der Waals surface area contributed by atoms with E-state index in [0.29, 0.717) is 0 Å². The molecule has 0 amide bonds. The standard InChI is InChI=1S/C28H27N/c1-5-11-20(12-6-2)22-13-8-10-16-27(22)29-21-17-18-24-23-14-7-9-15-25(23)28(3,4)26(24)19-21/h5-19,29H,1H2,2-4H3/b12-6-,20-11+. The van der Waals surface area contributed by atoms with E-state index in [1.807, 2.05) is 19.1 Å². The number of hydrogen-bond donors (Lipinski definition) is 1. The van der Waals surface area contributed by atoms with E-state index >= 15 is 0 Å². The molecule has 0 aromatic heterocycles. The van der Waals surface area contributed by atoms with Crippen molar-refractivity contribution in [3.8, 4) is 11.1 Å². The van der Waals surface area contributed by atoms with Gasteiger partial charge in [-0.1, -0.05) is 93.3 Å². The van der Waals surface area contributed by atoms with Crippen LogP contribution in [0.2, 0.25) is 0 Å². The van der Waals surface area contributed by atoms with Crippen LogP contribution in [0.1, 0.15) is 37.5 Å². The molecule has 3 aromatic carbocycles. The molecule has 1 N–H and O–H groups in total. The molecule has 0 atom stereocenters. The summed E-state index contributed by atoms with van der Waals surface area (Å²) in [5.41, 5.74) is 9.96. The molecule has 3 aromatic rings. The second-order valence-electron chi connectivity index (χ2n) is 7.96. The highest BCUT2D eigenvalue weighted by molar-refractivity contribution is 5.86. The summed E-state index contributed by atoms with van der Waals surface area (Å²) < 4.78 is 0. The minimum atomic E-state index is 0.00197. The minimum absolute atomic E-state index is 0.00197. The molecule has 1 heteroatoms. The molecule has 1 nitrogen and oxygen atoms in total. The fourth-order valence-electron chi connectivity index (χ4n) is 4.32. The SMILES string of the molecule is C=C/C=C(\C=C/C)c1ccccc1Nc1ccc2c(c1)C(C)(C)c1ccccc1-2. The number of anilines is 2. The molecule has 0 saturated carbocycles. The quantitative estimate of drug-likeness (QED) is 0.446. The van der Waals surface area contributed by atoms with E-state index in [1.54, 1.807) is 0 Å². The van der Waals surface area contributed by atoms with Gasteiger partial charge in [0.15, 0.2) is 0 Å². The lowest BCUT2D eigenvalue weighted by Crippen LogP contribution is -2.15. The van der Waals surface area contributed by atoms with Crippen molar-refractivity contribution in [2.45, 2.75) is 26.2 Å². The van der Waals surface area contributed by atoms with Crippen molar-refractivity contribution in [1.82, 2.24) is 0 Å². The van der Waals surface area contributed by atoms with Gasteiger partial charge >= 0.3 is 0 Å². The Morgan fingerprint density at radius 3 is 2.41 bits per heavy atom. The highest BCUT2D eigenvalue weighted by Gasteiger charge is 2.35. The zero-order chi connectivity index (χ0) is 20.4. The molecule has 1 aliphatic carbocycles. The Hall–Kier alpha value is -3.32. The fraction of sp³-hybridized carbons (Fsp3) is 0.143. The molecule has 29 heavy (non-hydrogen) atoms. The maximum Gasteiger partial charge on any atom is 0.0463 e. The molecule has 0 aliphatic heterocycles. The lowest BCUT2D eigenvalue weighted by molar-refractivity contribution is 0.660. The third-order valence-electron chi connectivity index (χ3n) is 5.74. The second kappa shape index (κ2) is 7.60. The van der Waals surface area contributed by atoms with Crippen LogP contribution in [0.15, 0.2) is 97.6 Å². The smallest absolute Gasteiger partial charge is 0.0463 e. The molecule has 0 unspecified atom stereocenters. The molecular weight excluding hydrogens is 350 g/mol. The number of hydrogen-bond acceptors (Lipinski definition) is 1. The van der Waals surface area contributed by atoms with Crippen molar-refractivity contribution in [2.24, 2.45) is 0 Å². The maximum atomic E-state index is 3.87. The number of fused-ring (bicyclic) bond motifs is 3. The summed E-state index contributed by atoms with van der Waals surface area (Å²) in [6, 6.07) is 23.9. The topological polar surface area (TPSA) is 12.0 Å². The number of rotatable bonds is 5. The third-order valence-corrected chi connectivity index (χ3v) is 5.74. The Morgan fingerprint density at radius 2 is 1.62 bits per heavy atom. The van der Waals surface area contributed by atoms with Gasteiger partial charge < -0.3 is 5.32 Å². The molecule has 0 bridgehead atoms. The van der Waals surface area contributed by atoms with Gasteiger partial charge in [-0.2, -0.15) is 0 Å². The number of para-hydroxylation sites is 1. The number of nitrogens with one attached hydrogen (secondary N) is 1. The summed E-state index contributed by atoms with van der Waals surface area (Å²) in [5, 5.41) is 3.66. The lowest BCUT2D eigenvalue weighted by Gasteiger charge is -2.22. The Labute approximate surface area is 174 Å². The van der Waals surface area contributed by atoms with E-state index in [-0.39, 0.29) is 5.41 Å². The minimum Gasteiger partial charge on any atom is -0.355 e. The first-order valence-corrected chi connectivity index (χ1v) is 10.1. The Bertz CT molecular complexity index is 1130. The van der Waals surface area contributed by atoms with Crippen LogP contribution in [0.5, 0.6) is 0 Å². The van der Waals surface area contributed by atoms with Crippen molar-refractivity contribution in [3.63, 3.8) is 0 Å². The summed E-state index contributed by atoms with van der Waals surface area (Å²) in [6.45, 7) is 10.5. The molecule has 0 fully saturated rings. The van der Waals surface area contributed by atoms with Gasteiger partial charge in [0.1, 0.15) is 0 Å². The summed E-state index contributed by atoms with van der Waals surface area (Å²) in [7, 11) is 0. The molecule has 0 spiro atoms. The summed E-state index contributed by atoms with van der Waals surface area (Å²) >= 11 is 0. The second-order valence-corrected chi connectivity index (χ2v) is 7.96. The van der Waals surface area contributed by atoms with Crippen LogP contribution in [-0.2, 0) is 5.41 Å². The largest absolute Gasteiger partial charge is 0.355 e. The Morgan fingerprint density at radius 1 is 0.897 bits per heavy atom. The van der Waals surface area contributed by atoms with Crippen LogP contribution in [0.25, 0.3) is 16.7 Å². The van der Waals surface area contributed by atoms with E-state index in [1.165, 1.54) is 22.3 Å². The van der Waals surface area contributed by atoms with Crippen LogP contribution in [-0.4, -0.2) is 0 Å². The van der Waals surface area contributed by atoms with Gasteiger partial charge in [0.2, 0.25) is 0 Å². The van der Waals surface area contributed by atoms with E-state index < -0.39 is 0 Å². The van der Waals surface area contributed by atoms with Crippen molar-refractivity contribution >= 4 is 16.9 Å². The highest BCUT2D eigenvalue weighted by atomic mass is 14.9. The van der Waals surface area contributed by atoms with Crippen LogP contribution < -0.4 is 5.32 Å². The van der Waals surface area contributed by atoms with Crippen molar-refractivity contribution in [2.75, 3.05) is 5.32 Å². The first-order valence-electron chi connectivity index (χ1n) is 10.1. The predicted molar refractivity (Wildman–Crippen MR) is 127 cm³/mol. The van der Waals surface area contributed by atoms with E-state index in [0.717, 1.165) is 22.5 Å². The van der Waals surface area contributed by atoms with Crippen LogP contribution in [0, 0.1) is 0 Å². The van der Waals surface area contributed by atoms with E-state index in [4.69, 9.17) is 0 Å². The van der Waals surface area contributed by atoms with Gasteiger partial charge in [-0.3, -0.25) is 0 Å². The summed E-state index contributed by atoms with van der Waals surface area (Å²) in [6.07, 6.45) is 8.05. The van der Waals surface area contributed by atoms with Gasteiger partial charge in [0.05, 0.1) is 0 Å². The van der Waals surface area contributed by atoms with Crippen LogP contribution in [0.3, 0.4) is 0 Å². The van der Waals surface area contributed by atoms with Crippen LogP contribution >= 0.6 is 0 Å². The molecule has 1 aliphatic rings. The first kappa shape index (κ1) is 19.0. The predicted octanol–water partition coefficient (Wildman–Crippen LogP) is 7.88. The number of benzene rings is 3. The highest BCUT2D eigenvalue weighted by Crippen LogP contribution is 2.49. The Balaban J connectivity index is 1.75. The van der Waals surface area contributed by atoms with Gasteiger partial charge in [0.25, 0.3) is 0 Å². The first-order chi connectivity index (χ1) is 14.1. The molecular formula is C28H27N. The molecule has 4 rings (SSSR count). The normalized spacial score (nSPS) is 14.5. The maximum absolute atomic E-state index is 3.87. The summed E-state index contributed by atoms with van der Waals surface area (Å²) in [4.78, 5) is 0. The van der Waals surface area contributed by atoms with Crippen molar-refractivity contribution < 1.29 is 0 Å². The Kier molecular flexibility index (Phi) is 4.98. The van der Waals surface area contributed by atoms with E-state index in [2.05, 4.69) is 105 Å². The molecule has 0 radical (unpaired) electrons. The van der Waals surface area contributed by atoms with Gasteiger partial charge in [-0.25, -0.2) is 0 Å². The van der Waals surface area contributed by atoms with Gasteiger partial charge in [-0.05, 0) is 52.9 Å². The van der Waals surface area contributed by atoms with Crippen molar-refractivity contribution in [1.29, 1.82) is 0 Å². The fourth-order valence-corrected chi connectivity index (χ4v) is 4.32.